The van der Waals surface area contributed by atoms with Gasteiger partial charge in [0.25, 0.3) is 0 Å². The van der Waals surface area contributed by atoms with Crippen molar-refractivity contribution in [2.75, 3.05) is 33.7 Å². The molecule has 5 heteroatoms. The van der Waals surface area contributed by atoms with Gasteiger partial charge in [-0.1, -0.05) is 0 Å². The van der Waals surface area contributed by atoms with Crippen LogP contribution in [0.5, 0.6) is 0 Å². The summed E-state index contributed by atoms with van der Waals surface area (Å²) in [5, 5.41) is 3.18. The van der Waals surface area contributed by atoms with Gasteiger partial charge in [-0.25, -0.2) is 0 Å². The molecular weight excluding hydrogens is 288 g/mol. The highest BCUT2D eigenvalue weighted by atomic mass is 16.2. The second kappa shape index (κ2) is 7.05. The number of aryl methyl sites for hydroxylation is 1. The zero-order valence-electron chi connectivity index (χ0n) is 14.7. The van der Waals surface area contributed by atoms with Crippen molar-refractivity contribution in [3.63, 3.8) is 0 Å². The SMILES string of the molecule is CN(C)[C@@H]1CN(Cc2cccn2C)CC[C@@H]1CNC(=O)C1CC1. The van der Waals surface area contributed by atoms with Crippen LogP contribution >= 0.6 is 0 Å². The van der Waals surface area contributed by atoms with Crippen molar-refractivity contribution in [3.8, 4) is 0 Å². The number of likely N-dealkylation sites (tertiary alicyclic amines) is 1. The van der Waals surface area contributed by atoms with Crippen LogP contribution in [0.15, 0.2) is 18.3 Å². The summed E-state index contributed by atoms with van der Waals surface area (Å²) in [6.07, 6.45) is 5.42. The molecule has 2 heterocycles. The Bertz CT molecular complexity index is 535. The number of hydrogen-bond donors (Lipinski definition) is 1. The number of nitrogens with zero attached hydrogens (tertiary/aromatic N) is 3. The van der Waals surface area contributed by atoms with Gasteiger partial charge in [0.2, 0.25) is 5.91 Å². The van der Waals surface area contributed by atoms with E-state index in [1.807, 2.05) is 0 Å². The van der Waals surface area contributed by atoms with Gasteiger partial charge in [0, 0.05) is 50.5 Å². The third-order valence-corrected chi connectivity index (χ3v) is 5.39. The fourth-order valence-corrected chi connectivity index (χ4v) is 3.62. The predicted molar refractivity (Wildman–Crippen MR) is 92.0 cm³/mol. The van der Waals surface area contributed by atoms with E-state index >= 15 is 0 Å². The summed E-state index contributed by atoms with van der Waals surface area (Å²) < 4.78 is 2.20. The molecule has 1 N–H and O–H groups in total. The molecule has 1 aliphatic heterocycles. The van der Waals surface area contributed by atoms with Crippen LogP contribution in [0.3, 0.4) is 0 Å². The minimum atomic E-state index is 0.272. The second-order valence-electron chi connectivity index (χ2n) is 7.44. The number of carbonyl (C=O) groups excluding carboxylic acids is 1. The van der Waals surface area contributed by atoms with Gasteiger partial charge in [-0.2, -0.15) is 0 Å². The molecule has 1 aromatic heterocycles. The van der Waals surface area contributed by atoms with E-state index in [0.717, 1.165) is 45.4 Å². The molecular formula is C18H30N4O. The zero-order valence-corrected chi connectivity index (χ0v) is 14.7. The first-order valence-electron chi connectivity index (χ1n) is 8.81. The van der Waals surface area contributed by atoms with Crippen molar-refractivity contribution in [2.45, 2.75) is 31.8 Å². The first-order chi connectivity index (χ1) is 11.0. The van der Waals surface area contributed by atoms with E-state index in [1.165, 1.54) is 5.69 Å². The van der Waals surface area contributed by atoms with E-state index in [0.29, 0.717) is 17.9 Å². The number of piperidine rings is 1. The molecule has 0 bridgehead atoms. The third-order valence-electron chi connectivity index (χ3n) is 5.39. The Morgan fingerprint density at radius 2 is 2.13 bits per heavy atom. The molecule has 0 radical (unpaired) electrons. The molecule has 128 valence electrons. The average molecular weight is 318 g/mol. The van der Waals surface area contributed by atoms with Gasteiger partial charge in [-0.3, -0.25) is 9.69 Å². The number of rotatable bonds is 6. The summed E-state index contributed by atoms with van der Waals surface area (Å²) in [4.78, 5) is 16.8. The van der Waals surface area contributed by atoms with Crippen molar-refractivity contribution < 1.29 is 4.79 Å². The van der Waals surface area contributed by atoms with Crippen LogP contribution in [-0.2, 0) is 18.4 Å². The monoisotopic (exact) mass is 318 g/mol. The minimum absolute atomic E-state index is 0.272. The fraction of sp³-hybridized carbons (Fsp3) is 0.722. The van der Waals surface area contributed by atoms with Gasteiger partial charge in [-0.15, -0.1) is 0 Å². The van der Waals surface area contributed by atoms with Crippen molar-refractivity contribution in [1.82, 2.24) is 19.7 Å². The molecule has 2 fully saturated rings. The van der Waals surface area contributed by atoms with E-state index in [-0.39, 0.29) is 5.91 Å². The lowest BCUT2D eigenvalue weighted by Gasteiger charge is -2.42. The quantitative estimate of drug-likeness (QED) is 0.860. The van der Waals surface area contributed by atoms with Crippen molar-refractivity contribution in [3.05, 3.63) is 24.0 Å². The smallest absolute Gasteiger partial charge is 0.223 e. The molecule has 1 saturated heterocycles. The average Bonchev–Trinajstić information content (AvgIpc) is 3.30. The second-order valence-corrected chi connectivity index (χ2v) is 7.44. The molecule has 2 atom stereocenters. The molecule has 2 aliphatic rings. The molecule has 1 amide bonds. The van der Waals surface area contributed by atoms with Crippen molar-refractivity contribution >= 4 is 5.91 Å². The Hall–Kier alpha value is -1.33. The van der Waals surface area contributed by atoms with Crippen LogP contribution in [0.4, 0.5) is 0 Å². The lowest BCUT2D eigenvalue weighted by molar-refractivity contribution is -0.122. The van der Waals surface area contributed by atoms with E-state index in [1.54, 1.807) is 0 Å². The summed E-state index contributed by atoms with van der Waals surface area (Å²) in [5.74, 6) is 1.14. The Balaban J connectivity index is 1.54. The Kier molecular flexibility index (Phi) is 5.07. The Labute approximate surface area is 139 Å². The van der Waals surface area contributed by atoms with Gasteiger partial charge in [0.15, 0.2) is 0 Å². The van der Waals surface area contributed by atoms with Gasteiger partial charge in [0.05, 0.1) is 0 Å². The lowest BCUT2D eigenvalue weighted by atomic mass is 9.90. The Morgan fingerprint density at radius 3 is 2.74 bits per heavy atom. The maximum Gasteiger partial charge on any atom is 0.223 e. The third kappa shape index (κ3) is 4.15. The maximum absolute atomic E-state index is 11.9. The predicted octanol–water partition coefficient (Wildman–Crippen LogP) is 1.30. The van der Waals surface area contributed by atoms with E-state index in [4.69, 9.17) is 0 Å². The van der Waals surface area contributed by atoms with E-state index < -0.39 is 0 Å². The van der Waals surface area contributed by atoms with Crippen molar-refractivity contribution in [2.24, 2.45) is 18.9 Å². The highest BCUT2D eigenvalue weighted by molar-refractivity contribution is 5.80. The van der Waals surface area contributed by atoms with Crippen LogP contribution in [-0.4, -0.2) is 60.0 Å². The van der Waals surface area contributed by atoms with Crippen LogP contribution < -0.4 is 5.32 Å². The van der Waals surface area contributed by atoms with Crippen molar-refractivity contribution in [1.29, 1.82) is 0 Å². The topological polar surface area (TPSA) is 40.5 Å². The number of nitrogens with one attached hydrogen (secondary N) is 1. The summed E-state index contributed by atoms with van der Waals surface area (Å²) in [5.41, 5.74) is 1.36. The molecule has 5 nitrogen and oxygen atoms in total. The lowest BCUT2D eigenvalue weighted by Crippen LogP contribution is -2.53. The maximum atomic E-state index is 11.9. The van der Waals surface area contributed by atoms with Crippen LogP contribution in [0, 0.1) is 11.8 Å². The number of amides is 1. The summed E-state index contributed by atoms with van der Waals surface area (Å²) in [7, 11) is 6.43. The molecule has 23 heavy (non-hydrogen) atoms. The summed E-state index contributed by atoms with van der Waals surface area (Å²) >= 11 is 0. The first-order valence-corrected chi connectivity index (χ1v) is 8.81. The molecule has 0 aromatic carbocycles. The molecule has 1 aromatic rings. The Morgan fingerprint density at radius 1 is 1.35 bits per heavy atom. The summed E-state index contributed by atoms with van der Waals surface area (Å²) in [6, 6.07) is 4.81. The highest BCUT2D eigenvalue weighted by Crippen LogP contribution is 2.29. The molecule has 0 unspecified atom stereocenters. The normalized spacial score (nSPS) is 25.7. The van der Waals surface area contributed by atoms with Gasteiger partial charge < -0.3 is 14.8 Å². The number of hydrogen-bond acceptors (Lipinski definition) is 3. The standard InChI is InChI=1S/C18H30N4O/c1-20(2)17-13-22(12-16-5-4-9-21(16)3)10-8-15(17)11-19-18(23)14-6-7-14/h4-5,9,14-15,17H,6-8,10-13H2,1-3H3,(H,19,23)/t15-,17-/m1/s1. The number of carbonyl (C=O) groups is 1. The zero-order chi connectivity index (χ0) is 16.4. The summed E-state index contributed by atoms with van der Waals surface area (Å²) in [6.45, 7) is 4.02. The molecule has 1 aliphatic carbocycles. The van der Waals surface area contributed by atoms with Crippen LogP contribution in [0.1, 0.15) is 25.0 Å². The molecule has 3 rings (SSSR count). The van der Waals surface area contributed by atoms with E-state index in [2.05, 4.69) is 59.2 Å². The van der Waals surface area contributed by atoms with Crippen LogP contribution in [0.25, 0.3) is 0 Å². The van der Waals surface area contributed by atoms with Crippen LogP contribution in [0.2, 0.25) is 0 Å². The fourth-order valence-electron chi connectivity index (χ4n) is 3.62. The van der Waals surface area contributed by atoms with Gasteiger partial charge >= 0.3 is 0 Å². The highest BCUT2D eigenvalue weighted by Gasteiger charge is 2.33. The largest absolute Gasteiger partial charge is 0.356 e. The molecule has 1 saturated carbocycles. The molecule has 0 spiro atoms. The van der Waals surface area contributed by atoms with E-state index in [9.17, 15) is 4.79 Å². The minimum Gasteiger partial charge on any atom is -0.356 e. The first kappa shape index (κ1) is 16.5. The van der Waals surface area contributed by atoms with Gasteiger partial charge in [0.1, 0.15) is 0 Å². The number of likely N-dealkylation sites (N-methyl/N-ethyl adjacent to an activating group) is 1. The number of aromatic nitrogens is 1. The van der Waals surface area contributed by atoms with Gasteiger partial charge in [-0.05, 0) is 58.0 Å².